The van der Waals surface area contributed by atoms with Crippen LogP contribution in [0.25, 0.3) is 5.82 Å². The summed E-state index contributed by atoms with van der Waals surface area (Å²) in [6.45, 7) is 0.447. The number of benzene rings is 1. The van der Waals surface area contributed by atoms with Crippen molar-refractivity contribution in [3.8, 4) is 5.82 Å². The van der Waals surface area contributed by atoms with Crippen molar-refractivity contribution >= 4 is 28.5 Å². The number of aromatic nitrogens is 5. The first kappa shape index (κ1) is 14.6. The molecule has 0 saturated heterocycles. The van der Waals surface area contributed by atoms with Crippen LogP contribution in [-0.4, -0.2) is 30.9 Å². The maximum atomic E-state index is 12.0. The molecule has 0 aliphatic rings. The summed E-state index contributed by atoms with van der Waals surface area (Å²) in [5.74, 6) is 0.239. The Morgan fingerprint density at radius 2 is 1.95 bits per heavy atom. The Hall–Kier alpha value is -2.36. The number of hydrogen-bond donors (Lipinski definition) is 1. The first-order valence-electron chi connectivity index (χ1n) is 6.44. The van der Waals surface area contributed by atoms with Crippen molar-refractivity contribution in [2.75, 3.05) is 0 Å². The molecule has 8 heteroatoms. The molecule has 3 aromatic rings. The second-order valence-electron chi connectivity index (χ2n) is 4.43. The lowest BCUT2D eigenvalue weighted by molar-refractivity contribution is 0.0945. The van der Waals surface area contributed by atoms with Gasteiger partial charge in [0.2, 0.25) is 0 Å². The number of hydrogen-bond acceptors (Lipinski definition) is 5. The van der Waals surface area contributed by atoms with E-state index < -0.39 is 0 Å². The van der Waals surface area contributed by atoms with Crippen molar-refractivity contribution in [2.45, 2.75) is 6.54 Å². The monoisotopic (exact) mass is 406 g/mol. The summed E-state index contributed by atoms with van der Waals surface area (Å²) in [6, 6.07) is 11.2. The van der Waals surface area contributed by atoms with Gasteiger partial charge in [0.1, 0.15) is 12.7 Å². The van der Waals surface area contributed by atoms with Crippen LogP contribution in [0.1, 0.15) is 16.1 Å². The second-order valence-corrected chi connectivity index (χ2v) is 5.67. The molecule has 0 saturated carbocycles. The number of rotatable bonds is 4. The summed E-state index contributed by atoms with van der Waals surface area (Å²) in [4.78, 5) is 15.9. The third-order valence-electron chi connectivity index (χ3n) is 2.90. The topological polar surface area (TPSA) is 85.6 Å². The third-order valence-corrected chi connectivity index (χ3v) is 3.62. The molecular formula is C14H11IN6O. The van der Waals surface area contributed by atoms with Crippen molar-refractivity contribution in [3.63, 3.8) is 0 Å². The molecule has 1 N–H and O–H groups in total. The van der Waals surface area contributed by atoms with Gasteiger partial charge in [-0.1, -0.05) is 12.1 Å². The Kier molecular flexibility index (Phi) is 4.37. The molecule has 7 nitrogen and oxygen atoms in total. The molecule has 0 fully saturated rings. The van der Waals surface area contributed by atoms with Gasteiger partial charge in [0, 0.05) is 10.1 Å². The molecular weight excluding hydrogens is 395 g/mol. The summed E-state index contributed by atoms with van der Waals surface area (Å²) in [7, 11) is 0. The fourth-order valence-corrected chi connectivity index (χ4v) is 2.13. The van der Waals surface area contributed by atoms with Crippen LogP contribution in [0, 0.1) is 3.57 Å². The van der Waals surface area contributed by atoms with E-state index in [4.69, 9.17) is 0 Å². The molecule has 0 aliphatic carbocycles. The van der Waals surface area contributed by atoms with E-state index in [0.717, 1.165) is 9.13 Å². The number of halogens is 1. The molecule has 1 aromatic carbocycles. The Morgan fingerprint density at radius 1 is 1.14 bits per heavy atom. The minimum absolute atomic E-state index is 0.259. The van der Waals surface area contributed by atoms with Crippen molar-refractivity contribution in [1.82, 2.24) is 30.3 Å². The van der Waals surface area contributed by atoms with E-state index in [2.05, 4.69) is 48.2 Å². The van der Waals surface area contributed by atoms with Crippen LogP contribution >= 0.6 is 22.6 Å². The van der Waals surface area contributed by atoms with E-state index in [1.165, 1.54) is 17.3 Å². The van der Waals surface area contributed by atoms with E-state index in [0.29, 0.717) is 12.4 Å². The van der Waals surface area contributed by atoms with Crippen LogP contribution in [0.2, 0.25) is 0 Å². The normalized spacial score (nSPS) is 10.4. The van der Waals surface area contributed by atoms with Gasteiger partial charge in [-0.3, -0.25) is 4.79 Å². The van der Waals surface area contributed by atoms with E-state index in [9.17, 15) is 4.79 Å². The predicted octanol–water partition coefficient (Wildman–Crippen LogP) is 1.59. The van der Waals surface area contributed by atoms with Crippen molar-refractivity contribution < 1.29 is 4.79 Å². The fraction of sp³-hybridized carbons (Fsp3) is 0.0714. The summed E-state index contributed by atoms with van der Waals surface area (Å²) < 4.78 is 2.63. The molecule has 0 unspecified atom stereocenters. The van der Waals surface area contributed by atoms with Gasteiger partial charge in [0.05, 0.1) is 0 Å². The standard InChI is InChI=1S/C14H11IN6O/c15-11-3-1-10(2-4-11)7-17-14(22)12-5-6-13(20-19-12)21-9-16-8-18-21/h1-6,8-9H,7H2,(H,17,22). The average Bonchev–Trinajstić information content (AvgIpc) is 3.09. The zero-order chi connectivity index (χ0) is 15.4. The second kappa shape index (κ2) is 6.60. The maximum absolute atomic E-state index is 12.0. The summed E-state index contributed by atoms with van der Waals surface area (Å²) in [5.41, 5.74) is 1.29. The van der Waals surface area contributed by atoms with Crippen molar-refractivity contribution in [1.29, 1.82) is 0 Å². The minimum Gasteiger partial charge on any atom is -0.347 e. The maximum Gasteiger partial charge on any atom is 0.272 e. The predicted molar refractivity (Wildman–Crippen MR) is 87.3 cm³/mol. The van der Waals surface area contributed by atoms with Crippen molar-refractivity contribution in [3.05, 3.63) is 63.9 Å². The summed E-state index contributed by atoms with van der Waals surface area (Å²) >= 11 is 2.24. The Bertz CT molecular complexity index is 755. The zero-order valence-corrected chi connectivity index (χ0v) is 13.5. The van der Waals surface area contributed by atoms with Gasteiger partial charge < -0.3 is 5.32 Å². The summed E-state index contributed by atoms with van der Waals surface area (Å²) in [5, 5.41) is 14.6. The quantitative estimate of drug-likeness (QED) is 0.666. The molecule has 0 atom stereocenters. The van der Waals surface area contributed by atoms with Crippen LogP contribution in [0.15, 0.2) is 49.1 Å². The van der Waals surface area contributed by atoms with E-state index >= 15 is 0 Å². The molecule has 0 aliphatic heterocycles. The number of amides is 1. The first-order chi connectivity index (χ1) is 10.7. The SMILES string of the molecule is O=C(NCc1ccc(I)cc1)c1ccc(-n2cncn2)nn1. The Morgan fingerprint density at radius 3 is 2.59 bits per heavy atom. The fourth-order valence-electron chi connectivity index (χ4n) is 1.77. The highest BCUT2D eigenvalue weighted by molar-refractivity contribution is 14.1. The van der Waals surface area contributed by atoms with Gasteiger partial charge in [0.25, 0.3) is 5.91 Å². The molecule has 0 spiro atoms. The lowest BCUT2D eigenvalue weighted by Gasteiger charge is -2.05. The highest BCUT2D eigenvalue weighted by Gasteiger charge is 2.08. The highest BCUT2D eigenvalue weighted by Crippen LogP contribution is 2.07. The lowest BCUT2D eigenvalue weighted by Crippen LogP contribution is -2.24. The third kappa shape index (κ3) is 3.45. The highest BCUT2D eigenvalue weighted by atomic mass is 127. The van der Waals surface area contributed by atoms with Gasteiger partial charge in [-0.25, -0.2) is 9.67 Å². The molecule has 0 bridgehead atoms. The van der Waals surface area contributed by atoms with E-state index in [1.54, 1.807) is 12.1 Å². The van der Waals surface area contributed by atoms with Crippen LogP contribution in [0.5, 0.6) is 0 Å². The smallest absolute Gasteiger partial charge is 0.272 e. The zero-order valence-electron chi connectivity index (χ0n) is 11.3. The van der Waals surface area contributed by atoms with Crippen LogP contribution in [0.3, 0.4) is 0 Å². The van der Waals surface area contributed by atoms with Crippen LogP contribution in [0.4, 0.5) is 0 Å². The molecule has 2 heterocycles. The molecule has 0 radical (unpaired) electrons. The average molecular weight is 406 g/mol. The van der Waals surface area contributed by atoms with Crippen LogP contribution in [-0.2, 0) is 6.54 Å². The number of nitrogens with one attached hydrogen (secondary N) is 1. The van der Waals surface area contributed by atoms with E-state index in [-0.39, 0.29) is 11.6 Å². The van der Waals surface area contributed by atoms with Gasteiger partial charge >= 0.3 is 0 Å². The molecule has 2 aromatic heterocycles. The largest absolute Gasteiger partial charge is 0.347 e. The minimum atomic E-state index is -0.267. The van der Waals surface area contributed by atoms with Gasteiger partial charge in [-0.2, -0.15) is 5.10 Å². The molecule has 3 rings (SSSR count). The van der Waals surface area contributed by atoms with Gasteiger partial charge in [-0.05, 0) is 52.4 Å². The molecule has 1 amide bonds. The lowest BCUT2D eigenvalue weighted by atomic mass is 10.2. The van der Waals surface area contributed by atoms with Crippen molar-refractivity contribution in [2.24, 2.45) is 0 Å². The molecule has 110 valence electrons. The van der Waals surface area contributed by atoms with E-state index in [1.807, 2.05) is 24.3 Å². The van der Waals surface area contributed by atoms with Gasteiger partial charge in [0.15, 0.2) is 11.5 Å². The Balaban J connectivity index is 1.63. The number of carbonyl (C=O) groups excluding carboxylic acids is 1. The Labute approximate surface area is 139 Å². The number of nitrogens with zero attached hydrogens (tertiary/aromatic N) is 5. The number of carbonyl (C=O) groups is 1. The van der Waals surface area contributed by atoms with Crippen LogP contribution < -0.4 is 5.32 Å². The first-order valence-corrected chi connectivity index (χ1v) is 7.51. The molecule has 22 heavy (non-hydrogen) atoms. The summed E-state index contributed by atoms with van der Waals surface area (Å²) in [6.07, 6.45) is 2.92. The van der Waals surface area contributed by atoms with Gasteiger partial charge in [-0.15, -0.1) is 10.2 Å².